The number of fused-ring (bicyclic) bond motifs is 2. The Kier molecular flexibility index (Phi) is 4.48. The number of amides is 1. The molecule has 1 aliphatic heterocycles. The van der Waals surface area contributed by atoms with Crippen LogP contribution >= 0.6 is 11.3 Å². The second kappa shape index (κ2) is 7.29. The molecule has 0 unspecified atom stereocenters. The maximum atomic E-state index is 13.5. The number of benzene rings is 2. The molecule has 0 bridgehead atoms. The number of ether oxygens (including phenoxy) is 2. The fourth-order valence-corrected chi connectivity index (χ4v) is 4.53. The molecule has 0 N–H and O–H groups in total. The number of nitrogens with zero attached hydrogens (tertiary/aromatic N) is 2. The van der Waals surface area contributed by atoms with Crippen LogP contribution in [0.2, 0.25) is 0 Å². The van der Waals surface area contributed by atoms with Gasteiger partial charge in [-0.2, -0.15) is 0 Å². The number of hydrogen-bond donors (Lipinski definition) is 0. The van der Waals surface area contributed by atoms with Crippen molar-refractivity contribution in [3.05, 3.63) is 82.9 Å². The molecule has 6 heteroatoms. The van der Waals surface area contributed by atoms with Crippen molar-refractivity contribution in [1.29, 1.82) is 0 Å². The summed E-state index contributed by atoms with van der Waals surface area (Å²) < 4.78 is 14.0. The van der Waals surface area contributed by atoms with Crippen LogP contribution in [0.15, 0.2) is 66.0 Å². The van der Waals surface area contributed by atoms with E-state index in [-0.39, 0.29) is 12.7 Å². The summed E-state index contributed by atoms with van der Waals surface area (Å²) in [6, 6.07) is 20.0. The predicted octanol–water partition coefficient (Wildman–Crippen LogP) is 4.81. The summed E-state index contributed by atoms with van der Waals surface area (Å²) in [7, 11) is 1.95. The molecule has 4 aromatic rings. The smallest absolute Gasteiger partial charge is 0.271 e. The van der Waals surface area contributed by atoms with E-state index < -0.39 is 0 Å². The Balaban J connectivity index is 1.48. The lowest BCUT2D eigenvalue weighted by Gasteiger charge is -2.23. The standard InChI is InChI=1S/C23H20N2O3S/c1-24-18-9-10-29-22(18)12-19(24)23(26)25(13-16-5-3-2-4-6-16)14-17-7-8-20-21(11-17)28-15-27-20/h2-12H,13-15H2,1H3. The molecule has 0 saturated heterocycles. The molecule has 3 heterocycles. The molecule has 2 aromatic carbocycles. The summed E-state index contributed by atoms with van der Waals surface area (Å²) in [6.07, 6.45) is 0. The van der Waals surface area contributed by atoms with Gasteiger partial charge in [-0.05, 0) is 40.8 Å². The molecule has 1 amide bonds. The van der Waals surface area contributed by atoms with E-state index in [1.807, 2.05) is 76.5 Å². The van der Waals surface area contributed by atoms with Gasteiger partial charge < -0.3 is 18.9 Å². The average Bonchev–Trinajstić information content (AvgIpc) is 3.45. The lowest BCUT2D eigenvalue weighted by atomic mass is 10.1. The maximum Gasteiger partial charge on any atom is 0.271 e. The van der Waals surface area contributed by atoms with E-state index in [2.05, 4.69) is 6.07 Å². The SMILES string of the molecule is Cn1c(C(=O)N(Cc2ccccc2)Cc2ccc3c(c2)OCO3)cc2sccc21. The minimum absolute atomic E-state index is 0.0115. The van der Waals surface area contributed by atoms with E-state index in [9.17, 15) is 4.79 Å². The molecule has 0 spiro atoms. The minimum Gasteiger partial charge on any atom is -0.454 e. The van der Waals surface area contributed by atoms with Crippen molar-refractivity contribution < 1.29 is 14.3 Å². The summed E-state index contributed by atoms with van der Waals surface area (Å²) in [5.41, 5.74) is 3.89. The van der Waals surface area contributed by atoms with Gasteiger partial charge in [0.25, 0.3) is 5.91 Å². The van der Waals surface area contributed by atoms with Crippen LogP contribution < -0.4 is 9.47 Å². The van der Waals surface area contributed by atoms with E-state index in [4.69, 9.17) is 9.47 Å². The number of hydrogen-bond acceptors (Lipinski definition) is 4. The van der Waals surface area contributed by atoms with E-state index in [0.717, 1.165) is 32.8 Å². The third kappa shape index (κ3) is 3.36. The Bertz CT molecular complexity index is 1180. The average molecular weight is 404 g/mol. The van der Waals surface area contributed by atoms with Gasteiger partial charge in [-0.15, -0.1) is 11.3 Å². The number of carbonyl (C=O) groups excluding carboxylic acids is 1. The first-order chi connectivity index (χ1) is 14.2. The molecular formula is C23H20N2O3S. The molecule has 146 valence electrons. The molecule has 1 aliphatic rings. The van der Waals surface area contributed by atoms with Gasteiger partial charge in [0.2, 0.25) is 6.79 Å². The summed E-state index contributed by atoms with van der Waals surface area (Å²) in [4.78, 5) is 15.4. The molecule has 5 rings (SSSR count). The second-order valence-electron chi connectivity index (χ2n) is 7.09. The third-order valence-electron chi connectivity index (χ3n) is 5.20. The van der Waals surface area contributed by atoms with Crippen LogP contribution in [0, 0.1) is 0 Å². The third-order valence-corrected chi connectivity index (χ3v) is 6.05. The Morgan fingerprint density at radius 2 is 1.79 bits per heavy atom. The Labute approximate surface area is 172 Å². The zero-order valence-corrected chi connectivity index (χ0v) is 16.8. The van der Waals surface area contributed by atoms with Crippen molar-refractivity contribution in [3.63, 3.8) is 0 Å². The summed E-state index contributed by atoms with van der Waals surface area (Å²) in [5, 5.41) is 2.05. The Morgan fingerprint density at radius 3 is 2.62 bits per heavy atom. The highest BCUT2D eigenvalue weighted by atomic mass is 32.1. The number of thiophene rings is 1. The predicted molar refractivity (Wildman–Crippen MR) is 113 cm³/mol. The molecule has 5 nitrogen and oxygen atoms in total. The molecule has 0 radical (unpaired) electrons. The van der Waals surface area contributed by atoms with Crippen molar-refractivity contribution in [2.75, 3.05) is 6.79 Å². The van der Waals surface area contributed by atoms with Gasteiger partial charge in [0.15, 0.2) is 11.5 Å². The number of carbonyl (C=O) groups is 1. The molecule has 0 atom stereocenters. The normalized spacial score (nSPS) is 12.4. The van der Waals surface area contributed by atoms with Crippen LogP contribution in [0.4, 0.5) is 0 Å². The Morgan fingerprint density at radius 1 is 1.00 bits per heavy atom. The number of aromatic nitrogens is 1. The van der Waals surface area contributed by atoms with E-state index >= 15 is 0 Å². The zero-order chi connectivity index (χ0) is 19.8. The highest BCUT2D eigenvalue weighted by Crippen LogP contribution is 2.33. The van der Waals surface area contributed by atoms with Gasteiger partial charge in [0, 0.05) is 20.1 Å². The van der Waals surface area contributed by atoms with E-state index in [0.29, 0.717) is 18.8 Å². The molecule has 0 saturated carbocycles. The van der Waals surface area contributed by atoms with Gasteiger partial charge in [-0.25, -0.2) is 0 Å². The maximum absolute atomic E-state index is 13.5. The van der Waals surface area contributed by atoms with Gasteiger partial charge in [0.1, 0.15) is 5.69 Å². The lowest BCUT2D eigenvalue weighted by Crippen LogP contribution is -2.31. The summed E-state index contributed by atoms with van der Waals surface area (Å²) >= 11 is 1.65. The van der Waals surface area contributed by atoms with Crippen molar-refractivity contribution >= 4 is 27.5 Å². The number of rotatable bonds is 5. The lowest BCUT2D eigenvalue weighted by molar-refractivity contribution is 0.0720. The van der Waals surface area contributed by atoms with Crippen molar-refractivity contribution in [1.82, 2.24) is 9.47 Å². The van der Waals surface area contributed by atoms with Gasteiger partial charge in [-0.1, -0.05) is 36.4 Å². The first-order valence-electron chi connectivity index (χ1n) is 9.44. The van der Waals surface area contributed by atoms with Crippen LogP contribution in [0.25, 0.3) is 10.2 Å². The van der Waals surface area contributed by atoms with Crippen molar-refractivity contribution in [2.45, 2.75) is 13.1 Å². The largest absolute Gasteiger partial charge is 0.454 e. The zero-order valence-electron chi connectivity index (χ0n) is 16.0. The van der Waals surface area contributed by atoms with Crippen LogP contribution in [0.1, 0.15) is 21.6 Å². The van der Waals surface area contributed by atoms with Crippen molar-refractivity contribution in [2.24, 2.45) is 7.05 Å². The fourth-order valence-electron chi connectivity index (χ4n) is 3.68. The minimum atomic E-state index is 0.0115. The summed E-state index contributed by atoms with van der Waals surface area (Å²) in [6.45, 7) is 1.27. The molecular weight excluding hydrogens is 384 g/mol. The Hall–Kier alpha value is -3.25. The number of aryl methyl sites for hydroxylation is 1. The topological polar surface area (TPSA) is 43.7 Å². The van der Waals surface area contributed by atoms with Crippen LogP contribution in [0.3, 0.4) is 0 Å². The van der Waals surface area contributed by atoms with E-state index in [1.165, 1.54) is 0 Å². The van der Waals surface area contributed by atoms with E-state index in [1.54, 1.807) is 11.3 Å². The van der Waals surface area contributed by atoms with Crippen LogP contribution in [-0.2, 0) is 20.1 Å². The molecule has 2 aromatic heterocycles. The summed E-state index contributed by atoms with van der Waals surface area (Å²) in [5.74, 6) is 1.49. The van der Waals surface area contributed by atoms with Crippen LogP contribution in [-0.4, -0.2) is 22.2 Å². The van der Waals surface area contributed by atoms with Gasteiger partial charge in [0.05, 0.1) is 10.2 Å². The molecule has 29 heavy (non-hydrogen) atoms. The van der Waals surface area contributed by atoms with Gasteiger partial charge in [-0.3, -0.25) is 4.79 Å². The highest BCUT2D eigenvalue weighted by molar-refractivity contribution is 7.17. The molecule has 0 aliphatic carbocycles. The first kappa shape index (κ1) is 17.8. The van der Waals surface area contributed by atoms with Crippen molar-refractivity contribution in [3.8, 4) is 11.5 Å². The monoisotopic (exact) mass is 404 g/mol. The quantitative estimate of drug-likeness (QED) is 0.479. The van der Waals surface area contributed by atoms with Gasteiger partial charge >= 0.3 is 0 Å². The molecule has 0 fully saturated rings. The fraction of sp³-hybridized carbons (Fsp3) is 0.174. The first-order valence-corrected chi connectivity index (χ1v) is 10.3. The second-order valence-corrected chi connectivity index (χ2v) is 8.04. The van der Waals surface area contributed by atoms with Crippen LogP contribution in [0.5, 0.6) is 11.5 Å². The highest BCUT2D eigenvalue weighted by Gasteiger charge is 2.22.